The number of amides is 1. The number of methoxy groups -OCH3 is 1. The van der Waals surface area contributed by atoms with Crippen LogP contribution in [0.1, 0.15) is 12.0 Å². The molecule has 0 heterocycles. The van der Waals surface area contributed by atoms with Gasteiger partial charge in [-0.2, -0.15) is 0 Å². The van der Waals surface area contributed by atoms with Crippen molar-refractivity contribution in [2.45, 2.75) is 13.0 Å². The van der Waals surface area contributed by atoms with Crippen molar-refractivity contribution in [1.82, 2.24) is 5.32 Å². The van der Waals surface area contributed by atoms with Crippen LogP contribution < -0.4 is 15.8 Å². The van der Waals surface area contributed by atoms with Gasteiger partial charge in [0.2, 0.25) is 5.91 Å². The van der Waals surface area contributed by atoms with Gasteiger partial charge in [0.25, 0.3) is 0 Å². The zero-order valence-corrected chi connectivity index (χ0v) is 9.51. The van der Waals surface area contributed by atoms with E-state index in [4.69, 9.17) is 15.7 Å². The minimum absolute atomic E-state index is 0.117. The molecule has 0 spiro atoms. The van der Waals surface area contributed by atoms with Crippen molar-refractivity contribution in [3.8, 4) is 5.75 Å². The van der Waals surface area contributed by atoms with E-state index in [9.17, 15) is 4.79 Å². The first-order valence-electron chi connectivity index (χ1n) is 5.01. The third-order valence-electron chi connectivity index (χ3n) is 2.09. The van der Waals surface area contributed by atoms with Crippen molar-refractivity contribution >= 4 is 11.7 Å². The Morgan fingerprint density at radius 1 is 1.59 bits per heavy atom. The van der Waals surface area contributed by atoms with Crippen LogP contribution in [-0.2, 0) is 11.3 Å². The van der Waals surface area contributed by atoms with E-state index in [1.807, 2.05) is 24.3 Å². The van der Waals surface area contributed by atoms with Gasteiger partial charge >= 0.3 is 0 Å². The summed E-state index contributed by atoms with van der Waals surface area (Å²) in [6, 6.07) is 7.35. The first-order chi connectivity index (χ1) is 8.15. The van der Waals surface area contributed by atoms with Crippen LogP contribution in [0, 0.1) is 0 Å². The second-order valence-electron chi connectivity index (χ2n) is 3.40. The lowest BCUT2D eigenvalue weighted by Gasteiger charge is -2.06. The molecule has 0 saturated heterocycles. The minimum atomic E-state index is -0.303. The number of benzene rings is 1. The van der Waals surface area contributed by atoms with Crippen molar-refractivity contribution in [2.75, 3.05) is 7.11 Å². The third-order valence-corrected chi connectivity index (χ3v) is 2.09. The van der Waals surface area contributed by atoms with Gasteiger partial charge in [-0.3, -0.25) is 4.79 Å². The molecule has 1 rings (SSSR count). The summed E-state index contributed by atoms with van der Waals surface area (Å²) in [6.45, 7) is 0.370. The maximum absolute atomic E-state index is 11.3. The SMILES string of the molecule is COc1cccc(CNC(=O)C/C(N)=N/O)c1. The number of hydrogen-bond donors (Lipinski definition) is 3. The smallest absolute Gasteiger partial charge is 0.227 e. The molecule has 0 aromatic heterocycles. The van der Waals surface area contributed by atoms with Crippen LogP contribution in [0.2, 0.25) is 0 Å². The number of nitrogens with two attached hydrogens (primary N) is 1. The molecule has 0 aliphatic heterocycles. The number of rotatable bonds is 5. The first kappa shape index (κ1) is 12.8. The van der Waals surface area contributed by atoms with Crippen molar-refractivity contribution in [2.24, 2.45) is 10.9 Å². The molecule has 17 heavy (non-hydrogen) atoms. The molecule has 1 aromatic rings. The summed E-state index contributed by atoms with van der Waals surface area (Å²) in [5, 5.41) is 13.7. The monoisotopic (exact) mass is 237 g/mol. The van der Waals surface area contributed by atoms with E-state index < -0.39 is 0 Å². The Morgan fingerprint density at radius 2 is 2.35 bits per heavy atom. The second-order valence-corrected chi connectivity index (χ2v) is 3.40. The molecule has 4 N–H and O–H groups in total. The van der Waals surface area contributed by atoms with E-state index in [0.29, 0.717) is 6.54 Å². The predicted octanol–water partition coefficient (Wildman–Crippen LogP) is 0.448. The lowest BCUT2D eigenvalue weighted by atomic mass is 10.2. The minimum Gasteiger partial charge on any atom is -0.497 e. The number of nitrogens with zero attached hydrogens (tertiary/aromatic N) is 1. The zero-order valence-electron chi connectivity index (χ0n) is 9.51. The van der Waals surface area contributed by atoms with Crippen molar-refractivity contribution in [1.29, 1.82) is 0 Å². The van der Waals surface area contributed by atoms with Crippen LogP contribution >= 0.6 is 0 Å². The second kappa shape index (κ2) is 6.37. The molecular weight excluding hydrogens is 222 g/mol. The molecule has 1 aromatic carbocycles. The lowest BCUT2D eigenvalue weighted by molar-refractivity contribution is -0.120. The molecule has 0 saturated carbocycles. The Bertz CT molecular complexity index is 418. The summed E-state index contributed by atoms with van der Waals surface area (Å²) in [5.41, 5.74) is 6.12. The number of carbonyl (C=O) groups is 1. The van der Waals surface area contributed by atoms with E-state index >= 15 is 0 Å². The molecule has 0 aliphatic rings. The fraction of sp³-hybridized carbons (Fsp3) is 0.273. The maximum atomic E-state index is 11.3. The summed E-state index contributed by atoms with van der Waals surface area (Å²) in [4.78, 5) is 11.3. The summed E-state index contributed by atoms with van der Waals surface area (Å²) in [5.74, 6) is 0.310. The maximum Gasteiger partial charge on any atom is 0.227 e. The van der Waals surface area contributed by atoms with Crippen LogP contribution in [0.4, 0.5) is 0 Å². The van der Waals surface area contributed by atoms with E-state index in [1.54, 1.807) is 7.11 Å². The molecule has 0 unspecified atom stereocenters. The van der Waals surface area contributed by atoms with Crippen LogP contribution in [0.15, 0.2) is 29.4 Å². The molecule has 0 radical (unpaired) electrons. The molecule has 0 fully saturated rings. The molecule has 6 heteroatoms. The van der Waals surface area contributed by atoms with Crippen LogP contribution in [0.3, 0.4) is 0 Å². The topological polar surface area (TPSA) is 96.9 Å². The predicted molar refractivity (Wildman–Crippen MR) is 62.9 cm³/mol. The number of oxime groups is 1. The standard InChI is InChI=1S/C11H15N3O3/c1-17-9-4-2-3-8(5-9)7-13-11(15)6-10(12)14-16/h2-5,16H,6-7H2,1H3,(H2,12,14)(H,13,15). The average Bonchev–Trinajstić information content (AvgIpc) is 2.36. The van der Waals surface area contributed by atoms with Gasteiger partial charge in [0.1, 0.15) is 11.6 Å². The number of hydrogen-bond acceptors (Lipinski definition) is 4. The van der Waals surface area contributed by atoms with Gasteiger partial charge in [-0.1, -0.05) is 17.3 Å². The molecule has 1 amide bonds. The highest BCUT2D eigenvalue weighted by atomic mass is 16.5. The van der Waals surface area contributed by atoms with E-state index in [0.717, 1.165) is 11.3 Å². The van der Waals surface area contributed by atoms with Gasteiger partial charge in [-0.05, 0) is 17.7 Å². The van der Waals surface area contributed by atoms with Gasteiger partial charge in [0.05, 0.1) is 13.5 Å². The van der Waals surface area contributed by atoms with E-state index in [-0.39, 0.29) is 18.2 Å². The largest absolute Gasteiger partial charge is 0.497 e. The quantitative estimate of drug-likeness (QED) is 0.300. The number of ether oxygens (including phenoxy) is 1. The molecule has 0 aliphatic carbocycles. The van der Waals surface area contributed by atoms with Gasteiger partial charge in [0.15, 0.2) is 0 Å². The number of nitrogens with one attached hydrogen (secondary N) is 1. The van der Waals surface area contributed by atoms with Gasteiger partial charge in [-0.15, -0.1) is 0 Å². The van der Waals surface area contributed by atoms with Gasteiger partial charge in [-0.25, -0.2) is 0 Å². The summed E-state index contributed by atoms with van der Waals surface area (Å²) < 4.78 is 5.06. The average molecular weight is 237 g/mol. The molecule has 0 bridgehead atoms. The molecular formula is C11H15N3O3. The van der Waals surface area contributed by atoms with Crippen LogP contribution in [0.25, 0.3) is 0 Å². The molecule has 0 atom stereocenters. The van der Waals surface area contributed by atoms with Crippen molar-refractivity contribution in [3.05, 3.63) is 29.8 Å². The van der Waals surface area contributed by atoms with Crippen LogP contribution in [0.5, 0.6) is 5.75 Å². The van der Waals surface area contributed by atoms with Crippen LogP contribution in [-0.4, -0.2) is 24.1 Å². The Morgan fingerprint density at radius 3 is 3.00 bits per heavy atom. The van der Waals surface area contributed by atoms with Gasteiger partial charge < -0.3 is 21.0 Å². The highest BCUT2D eigenvalue weighted by Gasteiger charge is 2.04. The Hall–Kier alpha value is -2.24. The fourth-order valence-electron chi connectivity index (χ4n) is 1.25. The number of amidine groups is 1. The highest BCUT2D eigenvalue weighted by Crippen LogP contribution is 2.11. The Kier molecular flexibility index (Phi) is 4.80. The summed E-state index contributed by atoms with van der Waals surface area (Å²) in [6.07, 6.45) is -0.125. The molecule has 92 valence electrons. The molecule has 6 nitrogen and oxygen atoms in total. The lowest BCUT2D eigenvalue weighted by Crippen LogP contribution is -2.28. The van der Waals surface area contributed by atoms with Crippen molar-refractivity contribution in [3.63, 3.8) is 0 Å². The summed E-state index contributed by atoms with van der Waals surface area (Å²) in [7, 11) is 1.58. The fourth-order valence-corrected chi connectivity index (χ4v) is 1.25. The van der Waals surface area contributed by atoms with Crippen molar-refractivity contribution < 1.29 is 14.7 Å². The van der Waals surface area contributed by atoms with Gasteiger partial charge in [0, 0.05) is 6.54 Å². The normalized spacial score (nSPS) is 11.0. The van der Waals surface area contributed by atoms with E-state index in [1.165, 1.54) is 0 Å². The third kappa shape index (κ3) is 4.42. The van der Waals surface area contributed by atoms with E-state index in [2.05, 4.69) is 10.5 Å². The summed E-state index contributed by atoms with van der Waals surface area (Å²) >= 11 is 0. The zero-order chi connectivity index (χ0) is 12.7. The Balaban J connectivity index is 2.47. The Labute approximate surface area is 99.1 Å². The number of carbonyl (C=O) groups excluding carboxylic acids is 1. The first-order valence-corrected chi connectivity index (χ1v) is 5.01. The highest BCUT2D eigenvalue weighted by molar-refractivity contribution is 5.98.